The topological polar surface area (TPSA) is 78.7 Å². The Kier molecular flexibility index (Phi) is 6.08. The number of rotatable bonds is 6. The Balaban J connectivity index is 1.17. The number of piperazine rings is 1. The molecule has 1 amide bonds. The first kappa shape index (κ1) is 24.2. The second kappa shape index (κ2) is 9.30. The van der Waals surface area contributed by atoms with E-state index in [0.717, 1.165) is 23.4 Å². The Morgan fingerprint density at radius 1 is 1.03 bits per heavy atom. The highest BCUT2D eigenvalue weighted by atomic mass is 19.1. The van der Waals surface area contributed by atoms with Gasteiger partial charge in [0.25, 0.3) is 11.6 Å². The molecule has 8 heteroatoms. The molecular formula is C29H35FN4O3. The van der Waals surface area contributed by atoms with Crippen molar-refractivity contribution in [1.82, 2.24) is 4.90 Å². The minimum absolute atomic E-state index is 0.0939. The molecule has 4 bridgehead atoms. The van der Waals surface area contributed by atoms with E-state index in [1.807, 2.05) is 6.07 Å². The molecule has 2 aromatic carbocycles. The number of halogens is 1. The standard InChI is InChI=1S/C29H35FN4O3/c1-19(29-16-20-12-21(17-29)14-22(13-20)18-29)31-26-15-23(6-7-27(26)34(36)37)32-8-10-33(11-9-32)28(35)24-4-2-3-5-25(24)30/h2-7,15,19-22,31H,8-14,16-18H2,1H3/t19-,20?,21?,22?,29?/m0/s1. The van der Waals surface area contributed by atoms with Crippen molar-refractivity contribution in [2.75, 3.05) is 36.4 Å². The summed E-state index contributed by atoms with van der Waals surface area (Å²) < 4.78 is 14.1. The van der Waals surface area contributed by atoms with E-state index in [9.17, 15) is 19.3 Å². The summed E-state index contributed by atoms with van der Waals surface area (Å²) in [6.45, 7) is 4.33. The van der Waals surface area contributed by atoms with Gasteiger partial charge in [-0.2, -0.15) is 0 Å². The molecule has 1 N–H and O–H groups in total. The molecule has 0 radical (unpaired) electrons. The fraction of sp³-hybridized carbons (Fsp3) is 0.552. The smallest absolute Gasteiger partial charge is 0.292 e. The van der Waals surface area contributed by atoms with E-state index in [2.05, 4.69) is 17.1 Å². The molecule has 1 heterocycles. The number of nitrogens with one attached hydrogen (secondary N) is 1. The van der Waals surface area contributed by atoms with Crippen molar-refractivity contribution < 1.29 is 14.1 Å². The lowest BCUT2D eigenvalue weighted by Gasteiger charge is -2.59. The Morgan fingerprint density at radius 3 is 2.24 bits per heavy atom. The van der Waals surface area contributed by atoms with Crippen LogP contribution in [0.3, 0.4) is 0 Å². The molecule has 1 atom stereocenters. The van der Waals surface area contributed by atoms with Gasteiger partial charge in [0.15, 0.2) is 0 Å². The van der Waals surface area contributed by atoms with E-state index >= 15 is 0 Å². The Labute approximate surface area is 217 Å². The Bertz CT molecular complexity index is 1170. The fourth-order valence-corrected chi connectivity index (χ4v) is 8.06. The first-order valence-electron chi connectivity index (χ1n) is 13.6. The molecule has 37 heavy (non-hydrogen) atoms. The van der Waals surface area contributed by atoms with Crippen molar-refractivity contribution in [3.63, 3.8) is 0 Å². The molecule has 0 spiro atoms. The van der Waals surface area contributed by atoms with E-state index in [-0.39, 0.29) is 33.5 Å². The predicted molar refractivity (Wildman–Crippen MR) is 141 cm³/mol. The van der Waals surface area contributed by atoms with Crippen LogP contribution in [0, 0.1) is 39.1 Å². The second-order valence-corrected chi connectivity index (χ2v) is 11.9. The average Bonchev–Trinajstić information content (AvgIpc) is 2.88. The number of carbonyl (C=O) groups excluding carboxylic acids is 1. The van der Waals surface area contributed by atoms with Crippen LogP contribution in [0.2, 0.25) is 0 Å². The molecule has 7 rings (SSSR count). The second-order valence-electron chi connectivity index (χ2n) is 11.9. The van der Waals surface area contributed by atoms with Crippen LogP contribution >= 0.6 is 0 Å². The van der Waals surface area contributed by atoms with Gasteiger partial charge in [-0.05, 0) is 92.9 Å². The minimum atomic E-state index is -0.505. The molecule has 5 aliphatic rings. The van der Waals surface area contributed by atoms with Crippen molar-refractivity contribution in [3.05, 3.63) is 64.0 Å². The molecule has 4 aliphatic carbocycles. The van der Waals surface area contributed by atoms with E-state index in [1.54, 1.807) is 29.2 Å². The molecule has 5 fully saturated rings. The molecule has 196 valence electrons. The lowest BCUT2D eigenvalue weighted by molar-refractivity contribution is -0.384. The highest BCUT2D eigenvalue weighted by Gasteiger charge is 2.53. The van der Waals surface area contributed by atoms with Crippen LogP contribution in [-0.2, 0) is 0 Å². The molecular weight excluding hydrogens is 471 g/mol. The van der Waals surface area contributed by atoms with Gasteiger partial charge in [-0.1, -0.05) is 12.1 Å². The summed E-state index contributed by atoms with van der Waals surface area (Å²) in [5.41, 5.74) is 1.92. The molecule has 0 unspecified atom stereocenters. The monoisotopic (exact) mass is 506 g/mol. The summed E-state index contributed by atoms with van der Waals surface area (Å²) in [5, 5.41) is 15.5. The third-order valence-electron chi connectivity index (χ3n) is 9.59. The normalized spacial score (nSPS) is 29.3. The van der Waals surface area contributed by atoms with Gasteiger partial charge >= 0.3 is 0 Å². The highest BCUT2D eigenvalue weighted by Crippen LogP contribution is 2.61. The number of hydrogen-bond acceptors (Lipinski definition) is 5. The zero-order chi connectivity index (χ0) is 25.7. The van der Waals surface area contributed by atoms with E-state index in [1.165, 1.54) is 50.7 Å². The zero-order valence-electron chi connectivity index (χ0n) is 21.4. The van der Waals surface area contributed by atoms with Gasteiger partial charge in [0, 0.05) is 44.0 Å². The predicted octanol–water partition coefficient (Wildman–Crippen LogP) is 5.71. The molecule has 1 aliphatic heterocycles. The van der Waals surface area contributed by atoms with Crippen LogP contribution in [-0.4, -0.2) is 48.0 Å². The van der Waals surface area contributed by atoms with Crippen molar-refractivity contribution in [2.45, 2.75) is 51.5 Å². The van der Waals surface area contributed by atoms with Gasteiger partial charge in [0.1, 0.15) is 11.5 Å². The first-order chi connectivity index (χ1) is 17.8. The molecule has 4 saturated carbocycles. The van der Waals surface area contributed by atoms with Crippen LogP contribution in [0.5, 0.6) is 0 Å². The number of nitro benzene ring substituents is 1. The lowest BCUT2D eigenvalue weighted by Crippen LogP contribution is -2.53. The molecule has 0 aromatic heterocycles. The first-order valence-corrected chi connectivity index (χ1v) is 13.6. The quantitative estimate of drug-likeness (QED) is 0.401. The van der Waals surface area contributed by atoms with Crippen LogP contribution in [0.4, 0.5) is 21.5 Å². The van der Waals surface area contributed by atoms with E-state index in [0.29, 0.717) is 31.9 Å². The summed E-state index contributed by atoms with van der Waals surface area (Å²) in [5.74, 6) is 1.66. The van der Waals surface area contributed by atoms with Gasteiger partial charge in [0.2, 0.25) is 0 Å². The third kappa shape index (κ3) is 4.44. The van der Waals surface area contributed by atoms with Crippen molar-refractivity contribution in [3.8, 4) is 0 Å². The van der Waals surface area contributed by atoms with Gasteiger partial charge in [-0.15, -0.1) is 0 Å². The van der Waals surface area contributed by atoms with Crippen LogP contribution in [0.15, 0.2) is 42.5 Å². The SMILES string of the molecule is C[C@H](Nc1cc(N2CCN(C(=O)c3ccccc3F)CC2)ccc1[N+](=O)[O-])C12CC3CC(CC(C3)C1)C2. The van der Waals surface area contributed by atoms with Crippen LogP contribution in [0.1, 0.15) is 55.8 Å². The number of carbonyl (C=O) groups is 1. The van der Waals surface area contributed by atoms with Gasteiger partial charge in [0.05, 0.1) is 10.5 Å². The van der Waals surface area contributed by atoms with Crippen molar-refractivity contribution >= 4 is 23.0 Å². The van der Waals surface area contributed by atoms with Crippen LogP contribution < -0.4 is 10.2 Å². The number of hydrogen-bond donors (Lipinski definition) is 1. The summed E-state index contributed by atoms with van der Waals surface area (Å²) in [6.07, 6.45) is 7.81. The maximum absolute atomic E-state index is 14.1. The number of amides is 1. The largest absolute Gasteiger partial charge is 0.376 e. The summed E-state index contributed by atoms with van der Waals surface area (Å²) in [6, 6.07) is 11.5. The van der Waals surface area contributed by atoms with Crippen LogP contribution in [0.25, 0.3) is 0 Å². The summed E-state index contributed by atoms with van der Waals surface area (Å²) in [4.78, 5) is 28.2. The maximum Gasteiger partial charge on any atom is 0.292 e. The van der Waals surface area contributed by atoms with Gasteiger partial charge < -0.3 is 15.1 Å². The van der Waals surface area contributed by atoms with Gasteiger partial charge in [-0.25, -0.2) is 4.39 Å². The fourth-order valence-electron chi connectivity index (χ4n) is 8.06. The summed E-state index contributed by atoms with van der Waals surface area (Å²) in [7, 11) is 0. The van der Waals surface area contributed by atoms with E-state index in [4.69, 9.17) is 0 Å². The van der Waals surface area contributed by atoms with Crippen molar-refractivity contribution in [2.24, 2.45) is 23.2 Å². The number of anilines is 2. The van der Waals surface area contributed by atoms with Gasteiger partial charge in [-0.3, -0.25) is 14.9 Å². The molecule has 1 saturated heterocycles. The number of nitrogens with zero attached hydrogens (tertiary/aromatic N) is 3. The Hall–Kier alpha value is -3.16. The third-order valence-corrected chi connectivity index (χ3v) is 9.59. The maximum atomic E-state index is 14.1. The Morgan fingerprint density at radius 2 is 1.65 bits per heavy atom. The molecule has 7 nitrogen and oxygen atoms in total. The molecule has 2 aromatic rings. The highest BCUT2D eigenvalue weighted by molar-refractivity contribution is 5.94. The lowest BCUT2D eigenvalue weighted by atomic mass is 9.48. The van der Waals surface area contributed by atoms with Crippen molar-refractivity contribution in [1.29, 1.82) is 0 Å². The minimum Gasteiger partial charge on any atom is -0.376 e. The average molecular weight is 507 g/mol. The number of benzene rings is 2. The van der Waals surface area contributed by atoms with E-state index < -0.39 is 5.82 Å². The summed E-state index contributed by atoms with van der Waals surface area (Å²) >= 11 is 0. The number of nitro groups is 1. The zero-order valence-corrected chi connectivity index (χ0v) is 21.4.